The van der Waals surface area contributed by atoms with E-state index in [9.17, 15) is 9.59 Å². The van der Waals surface area contributed by atoms with Crippen molar-refractivity contribution in [2.75, 3.05) is 18.5 Å². The molecule has 5 nitrogen and oxygen atoms in total. The Morgan fingerprint density at radius 3 is 2.52 bits per heavy atom. The number of anilines is 1. The van der Waals surface area contributed by atoms with Crippen molar-refractivity contribution in [3.63, 3.8) is 0 Å². The van der Waals surface area contributed by atoms with Crippen molar-refractivity contribution in [1.82, 2.24) is 5.32 Å². The summed E-state index contributed by atoms with van der Waals surface area (Å²) in [6.45, 7) is 1.28. The molecule has 2 aromatic rings. The zero-order valence-electron chi connectivity index (χ0n) is 13.6. The molecule has 1 saturated heterocycles. The van der Waals surface area contributed by atoms with Crippen LogP contribution in [0.5, 0.6) is 0 Å². The molecule has 25 heavy (non-hydrogen) atoms. The number of ether oxygens (including phenoxy) is 1. The first-order valence-corrected chi connectivity index (χ1v) is 8.57. The van der Waals surface area contributed by atoms with Crippen molar-refractivity contribution in [3.8, 4) is 0 Å². The van der Waals surface area contributed by atoms with Gasteiger partial charge in [0.05, 0.1) is 16.7 Å². The molecule has 2 aromatic carbocycles. The van der Waals surface area contributed by atoms with Gasteiger partial charge in [0.1, 0.15) is 0 Å². The van der Waals surface area contributed by atoms with Gasteiger partial charge in [0.2, 0.25) is 0 Å². The summed E-state index contributed by atoms with van der Waals surface area (Å²) >= 11 is 6.02. The standard InChI is InChI=1S/C19H19ClN2O3/c20-17-6-2-1-5-16(17)19(24)22-14-9-7-13(8-10-14)18(23)21-12-15-4-3-11-25-15/h1-2,5-10,15H,3-4,11-12H2,(H,21,23)(H,22,24)/t15-/m0/s1. The Kier molecular flexibility index (Phi) is 5.68. The fourth-order valence-corrected chi connectivity index (χ4v) is 2.88. The molecule has 3 rings (SSSR count). The van der Waals surface area contributed by atoms with Crippen LogP contribution in [0, 0.1) is 0 Å². The lowest BCUT2D eigenvalue weighted by atomic mass is 10.1. The second kappa shape index (κ2) is 8.14. The summed E-state index contributed by atoms with van der Waals surface area (Å²) in [6, 6.07) is 13.6. The molecular weight excluding hydrogens is 340 g/mol. The van der Waals surface area contributed by atoms with Crippen molar-refractivity contribution in [1.29, 1.82) is 0 Å². The first-order chi connectivity index (χ1) is 12.1. The monoisotopic (exact) mass is 358 g/mol. The second-order valence-corrected chi connectivity index (χ2v) is 6.26. The van der Waals surface area contributed by atoms with Gasteiger partial charge in [-0.25, -0.2) is 0 Å². The first-order valence-electron chi connectivity index (χ1n) is 8.19. The number of carbonyl (C=O) groups is 2. The maximum atomic E-state index is 12.2. The van der Waals surface area contributed by atoms with E-state index in [1.807, 2.05) is 0 Å². The van der Waals surface area contributed by atoms with Gasteiger partial charge in [-0.15, -0.1) is 0 Å². The van der Waals surface area contributed by atoms with Crippen LogP contribution in [-0.2, 0) is 4.74 Å². The largest absolute Gasteiger partial charge is 0.376 e. The average molecular weight is 359 g/mol. The topological polar surface area (TPSA) is 67.4 Å². The molecule has 1 aliphatic heterocycles. The Labute approximate surface area is 151 Å². The van der Waals surface area contributed by atoms with Gasteiger partial charge in [-0.1, -0.05) is 23.7 Å². The fraction of sp³-hybridized carbons (Fsp3) is 0.263. The van der Waals surface area contributed by atoms with E-state index in [0.717, 1.165) is 19.4 Å². The number of hydrogen-bond donors (Lipinski definition) is 2. The molecule has 130 valence electrons. The first kappa shape index (κ1) is 17.5. The van der Waals surface area contributed by atoms with Crippen LogP contribution in [0.25, 0.3) is 0 Å². The van der Waals surface area contributed by atoms with E-state index in [1.54, 1.807) is 48.5 Å². The highest BCUT2D eigenvalue weighted by Crippen LogP contribution is 2.18. The number of nitrogens with one attached hydrogen (secondary N) is 2. The highest BCUT2D eigenvalue weighted by molar-refractivity contribution is 6.34. The van der Waals surface area contributed by atoms with Crippen molar-refractivity contribution in [2.24, 2.45) is 0 Å². The van der Waals surface area contributed by atoms with Gasteiger partial charge in [-0.3, -0.25) is 9.59 Å². The summed E-state index contributed by atoms with van der Waals surface area (Å²) in [4.78, 5) is 24.3. The van der Waals surface area contributed by atoms with Gasteiger partial charge in [0.15, 0.2) is 0 Å². The molecule has 0 spiro atoms. The zero-order valence-corrected chi connectivity index (χ0v) is 14.4. The SMILES string of the molecule is O=C(NC[C@@H]1CCCO1)c1ccc(NC(=O)c2ccccc2Cl)cc1. The molecule has 1 fully saturated rings. The molecule has 1 aliphatic rings. The van der Waals surface area contributed by atoms with Crippen LogP contribution in [0.4, 0.5) is 5.69 Å². The van der Waals surface area contributed by atoms with Crippen LogP contribution in [0.15, 0.2) is 48.5 Å². The summed E-state index contributed by atoms with van der Waals surface area (Å²) in [6.07, 6.45) is 2.13. The van der Waals surface area contributed by atoms with E-state index in [1.165, 1.54) is 0 Å². The molecule has 0 radical (unpaired) electrons. The van der Waals surface area contributed by atoms with Gasteiger partial charge >= 0.3 is 0 Å². The minimum atomic E-state index is -0.291. The molecule has 0 bridgehead atoms. The summed E-state index contributed by atoms with van der Waals surface area (Å²) in [5.41, 5.74) is 1.54. The van der Waals surface area contributed by atoms with Crippen molar-refractivity contribution in [3.05, 3.63) is 64.7 Å². The molecule has 0 aliphatic carbocycles. The minimum absolute atomic E-state index is 0.109. The maximum Gasteiger partial charge on any atom is 0.257 e. The molecule has 1 atom stereocenters. The lowest BCUT2D eigenvalue weighted by Gasteiger charge is -2.11. The van der Waals surface area contributed by atoms with E-state index < -0.39 is 0 Å². The molecular formula is C19H19ClN2O3. The number of hydrogen-bond acceptors (Lipinski definition) is 3. The predicted molar refractivity (Wildman–Crippen MR) is 97.2 cm³/mol. The Bertz CT molecular complexity index is 756. The van der Waals surface area contributed by atoms with Crippen LogP contribution >= 0.6 is 11.6 Å². The highest BCUT2D eigenvalue weighted by atomic mass is 35.5. The van der Waals surface area contributed by atoms with Crippen LogP contribution < -0.4 is 10.6 Å². The van der Waals surface area contributed by atoms with Crippen molar-refractivity contribution < 1.29 is 14.3 Å². The fourth-order valence-electron chi connectivity index (χ4n) is 2.66. The Hall–Kier alpha value is -2.37. The van der Waals surface area contributed by atoms with Gasteiger partial charge in [0, 0.05) is 24.4 Å². The summed E-state index contributed by atoms with van der Waals surface area (Å²) in [5.74, 6) is -0.444. The second-order valence-electron chi connectivity index (χ2n) is 5.86. The van der Waals surface area contributed by atoms with E-state index in [2.05, 4.69) is 10.6 Å². The number of halogens is 1. The third-order valence-electron chi connectivity index (χ3n) is 4.04. The Balaban J connectivity index is 1.57. The molecule has 0 saturated carbocycles. The van der Waals surface area contributed by atoms with E-state index in [0.29, 0.717) is 28.4 Å². The van der Waals surface area contributed by atoms with Gasteiger partial charge < -0.3 is 15.4 Å². The van der Waals surface area contributed by atoms with E-state index in [4.69, 9.17) is 16.3 Å². The van der Waals surface area contributed by atoms with Gasteiger partial charge in [-0.2, -0.15) is 0 Å². The lowest BCUT2D eigenvalue weighted by molar-refractivity contribution is 0.0857. The van der Waals surface area contributed by atoms with Crippen molar-refractivity contribution in [2.45, 2.75) is 18.9 Å². The van der Waals surface area contributed by atoms with Crippen LogP contribution in [0.1, 0.15) is 33.6 Å². The van der Waals surface area contributed by atoms with Crippen LogP contribution in [-0.4, -0.2) is 31.1 Å². The molecule has 0 unspecified atom stereocenters. The van der Waals surface area contributed by atoms with E-state index >= 15 is 0 Å². The smallest absolute Gasteiger partial charge is 0.257 e. The molecule has 2 amide bonds. The highest BCUT2D eigenvalue weighted by Gasteiger charge is 2.16. The number of amides is 2. The van der Waals surface area contributed by atoms with Gasteiger partial charge in [0.25, 0.3) is 11.8 Å². The summed E-state index contributed by atoms with van der Waals surface area (Å²) in [7, 11) is 0. The lowest BCUT2D eigenvalue weighted by Crippen LogP contribution is -2.31. The normalized spacial score (nSPS) is 16.4. The van der Waals surface area contributed by atoms with Crippen molar-refractivity contribution >= 4 is 29.1 Å². The van der Waals surface area contributed by atoms with Gasteiger partial charge in [-0.05, 0) is 49.2 Å². The Morgan fingerprint density at radius 2 is 1.84 bits per heavy atom. The zero-order chi connectivity index (χ0) is 17.6. The molecule has 2 N–H and O–H groups in total. The number of rotatable bonds is 5. The average Bonchev–Trinajstić information content (AvgIpc) is 3.14. The third-order valence-corrected chi connectivity index (χ3v) is 4.37. The van der Waals surface area contributed by atoms with Crippen LogP contribution in [0.2, 0.25) is 5.02 Å². The van der Waals surface area contributed by atoms with E-state index in [-0.39, 0.29) is 17.9 Å². The number of benzene rings is 2. The molecule has 0 aromatic heterocycles. The molecule has 6 heteroatoms. The molecule has 1 heterocycles. The third kappa shape index (κ3) is 4.59. The Morgan fingerprint density at radius 1 is 1.08 bits per heavy atom. The predicted octanol–water partition coefficient (Wildman–Crippen LogP) is 3.50. The maximum absolute atomic E-state index is 12.2. The minimum Gasteiger partial charge on any atom is -0.376 e. The summed E-state index contributed by atoms with van der Waals surface area (Å²) < 4.78 is 5.48. The summed E-state index contributed by atoms with van der Waals surface area (Å²) in [5, 5.41) is 6.03. The van der Waals surface area contributed by atoms with Crippen LogP contribution in [0.3, 0.4) is 0 Å². The quantitative estimate of drug-likeness (QED) is 0.859. The number of carbonyl (C=O) groups excluding carboxylic acids is 2.